The second kappa shape index (κ2) is 14.8. The van der Waals surface area contributed by atoms with Gasteiger partial charge in [0.05, 0.1) is 7.11 Å². The summed E-state index contributed by atoms with van der Waals surface area (Å²) in [5, 5.41) is 4.09. The number of alkyl carbamates (subject to hydrolysis) is 1. The van der Waals surface area contributed by atoms with Gasteiger partial charge < -0.3 is 10.1 Å². The lowest BCUT2D eigenvalue weighted by Gasteiger charge is -2.19. The van der Waals surface area contributed by atoms with Gasteiger partial charge in [0.15, 0.2) is 0 Å². The summed E-state index contributed by atoms with van der Waals surface area (Å²) in [6, 6.07) is 0. The molecule has 0 unspecified atom stereocenters. The van der Waals surface area contributed by atoms with Gasteiger partial charge in [-0.2, -0.15) is 0 Å². The largest absolute Gasteiger partial charge is 0.444 e. The van der Waals surface area contributed by atoms with E-state index in [1.165, 1.54) is 50.7 Å². The molecule has 0 bridgehead atoms. The van der Waals surface area contributed by atoms with E-state index in [9.17, 15) is 9.59 Å². The number of hydrogen-bond acceptors (Lipinski definition) is 4. The van der Waals surface area contributed by atoms with E-state index in [0.29, 0.717) is 13.0 Å². The molecule has 0 aromatic heterocycles. The summed E-state index contributed by atoms with van der Waals surface area (Å²) in [6.07, 6.45) is 11.9. The van der Waals surface area contributed by atoms with Gasteiger partial charge in [-0.3, -0.25) is 9.63 Å². The summed E-state index contributed by atoms with van der Waals surface area (Å²) in [6.45, 7) is 6.29. The Kier molecular flexibility index (Phi) is 14.1. The average molecular weight is 373 g/mol. The summed E-state index contributed by atoms with van der Waals surface area (Å²) in [4.78, 5) is 27.8. The zero-order chi connectivity index (χ0) is 19.8. The molecule has 0 aliphatic heterocycles. The summed E-state index contributed by atoms with van der Waals surface area (Å²) in [5.74, 6) is 0.0497. The molecule has 6 heteroatoms. The molecule has 0 aliphatic rings. The van der Waals surface area contributed by atoms with Gasteiger partial charge in [-0.05, 0) is 33.6 Å². The Morgan fingerprint density at radius 2 is 1.31 bits per heavy atom. The van der Waals surface area contributed by atoms with E-state index >= 15 is 0 Å². The number of carbonyl (C=O) groups is 2. The van der Waals surface area contributed by atoms with Crippen LogP contribution in [0.5, 0.6) is 0 Å². The smallest absolute Gasteiger partial charge is 0.407 e. The topological polar surface area (TPSA) is 67.9 Å². The van der Waals surface area contributed by atoms with Crippen LogP contribution in [0.3, 0.4) is 0 Å². The van der Waals surface area contributed by atoms with Crippen LogP contribution in [-0.2, 0) is 14.4 Å². The standard InChI is InChI=1S/C20H40N2O4/c1-20(2,3)26-19(24)21-17-15-13-11-9-7-6-8-10-12-14-16-18(23)22(4)25-5/h6-17H2,1-5H3,(H,21,24). The van der Waals surface area contributed by atoms with Gasteiger partial charge in [-0.25, -0.2) is 9.86 Å². The molecule has 0 fully saturated rings. The highest BCUT2D eigenvalue weighted by Gasteiger charge is 2.15. The number of amides is 2. The highest BCUT2D eigenvalue weighted by atomic mass is 16.7. The van der Waals surface area contributed by atoms with Crippen molar-refractivity contribution in [1.29, 1.82) is 0 Å². The van der Waals surface area contributed by atoms with E-state index in [0.717, 1.165) is 25.7 Å². The molecule has 0 aromatic rings. The Labute approximate surface area is 159 Å². The van der Waals surface area contributed by atoms with Gasteiger partial charge in [0.1, 0.15) is 5.60 Å². The van der Waals surface area contributed by atoms with Crippen LogP contribution >= 0.6 is 0 Å². The third kappa shape index (κ3) is 16.2. The van der Waals surface area contributed by atoms with E-state index in [1.54, 1.807) is 7.05 Å². The summed E-state index contributed by atoms with van der Waals surface area (Å²) >= 11 is 0. The van der Waals surface area contributed by atoms with Crippen molar-refractivity contribution < 1.29 is 19.2 Å². The molecule has 0 saturated heterocycles. The molecule has 0 radical (unpaired) electrons. The Morgan fingerprint density at radius 3 is 1.77 bits per heavy atom. The van der Waals surface area contributed by atoms with Crippen molar-refractivity contribution in [2.75, 3.05) is 20.7 Å². The first kappa shape index (κ1) is 24.7. The van der Waals surface area contributed by atoms with Crippen LogP contribution in [0.1, 0.15) is 91.4 Å². The lowest BCUT2D eigenvalue weighted by molar-refractivity contribution is -0.168. The quantitative estimate of drug-likeness (QED) is 0.350. The van der Waals surface area contributed by atoms with Crippen molar-refractivity contribution in [3.8, 4) is 0 Å². The fraction of sp³-hybridized carbons (Fsp3) is 0.900. The zero-order valence-corrected chi connectivity index (χ0v) is 17.6. The Balaban J connectivity index is 3.27. The maximum atomic E-state index is 11.5. The number of unbranched alkanes of at least 4 members (excludes halogenated alkanes) is 9. The number of rotatable bonds is 14. The molecule has 0 aromatic carbocycles. The predicted molar refractivity (Wildman–Crippen MR) is 105 cm³/mol. The van der Waals surface area contributed by atoms with Crippen molar-refractivity contribution in [3.63, 3.8) is 0 Å². The number of nitrogens with one attached hydrogen (secondary N) is 1. The Hall–Kier alpha value is -1.30. The van der Waals surface area contributed by atoms with Crippen LogP contribution < -0.4 is 5.32 Å². The molecule has 1 N–H and O–H groups in total. The summed E-state index contributed by atoms with van der Waals surface area (Å²) in [7, 11) is 3.16. The van der Waals surface area contributed by atoms with Crippen molar-refractivity contribution in [2.24, 2.45) is 0 Å². The molecule has 0 atom stereocenters. The van der Waals surface area contributed by atoms with Gasteiger partial charge in [0, 0.05) is 20.0 Å². The van der Waals surface area contributed by atoms with Crippen molar-refractivity contribution >= 4 is 12.0 Å². The predicted octanol–water partition coefficient (Wildman–Crippen LogP) is 4.82. The summed E-state index contributed by atoms with van der Waals surface area (Å²) in [5.41, 5.74) is -0.431. The van der Waals surface area contributed by atoms with Crippen molar-refractivity contribution in [3.05, 3.63) is 0 Å². The van der Waals surface area contributed by atoms with Crippen LogP contribution in [0.4, 0.5) is 4.79 Å². The molecule has 154 valence electrons. The lowest BCUT2D eigenvalue weighted by atomic mass is 10.1. The highest BCUT2D eigenvalue weighted by Crippen LogP contribution is 2.12. The first-order valence-electron chi connectivity index (χ1n) is 10.0. The van der Waals surface area contributed by atoms with Crippen LogP contribution in [0, 0.1) is 0 Å². The molecule has 0 rings (SSSR count). The Morgan fingerprint density at radius 1 is 0.846 bits per heavy atom. The van der Waals surface area contributed by atoms with Gasteiger partial charge >= 0.3 is 6.09 Å². The average Bonchev–Trinajstić information content (AvgIpc) is 2.56. The minimum absolute atomic E-state index is 0.0497. The molecular formula is C20H40N2O4. The van der Waals surface area contributed by atoms with Crippen LogP contribution in [0.15, 0.2) is 0 Å². The third-order valence-corrected chi connectivity index (χ3v) is 4.11. The van der Waals surface area contributed by atoms with Crippen LogP contribution in [-0.4, -0.2) is 43.4 Å². The zero-order valence-electron chi connectivity index (χ0n) is 17.6. The number of hydroxylamine groups is 2. The number of nitrogens with zero attached hydrogens (tertiary/aromatic N) is 1. The monoisotopic (exact) mass is 372 g/mol. The second-order valence-corrected chi connectivity index (χ2v) is 7.79. The Bertz CT molecular complexity index is 380. The second-order valence-electron chi connectivity index (χ2n) is 7.79. The highest BCUT2D eigenvalue weighted by molar-refractivity contribution is 5.74. The van der Waals surface area contributed by atoms with Crippen LogP contribution in [0.2, 0.25) is 0 Å². The van der Waals surface area contributed by atoms with E-state index in [-0.39, 0.29) is 12.0 Å². The number of hydrogen-bond donors (Lipinski definition) is 1. The first-order valence-corrected chi connectivity index (χ1v) is 10.0. The minimum atomic E-state index is -0.431. The molecular weight excluding hydrogens is 332 g/mol. The fourth-order valence-electron chi connectivity index (χ4n) is 2.58. The molecule has 0 heterocycles. The first-order chi connectivity index (χ1) is 12.3. The van der Waals surface area contributed by atoms with Gasteiger partial charge in [0.2, 0.25) is 5.91 Å². The van der Waals surface area contributed by atoms with E-state index in [4.69, 9.17) is 9.57 Å². The maximum Gasteiger partial charge on any atom is 0.407 e. The molecule has 2 amide bonds. The molecule has 6 nitrogen and oxygen atoms in total. The normalized spacial score (nSPS) is 11.3. The SMILES string of the molecule is CON(C)C(=O)CCCCCCCCCCCCNC(=O)OC(C)(C)C. The minimum Gasteiger partial charge on any atom is -0.444 e. The number of carbonyl (C=O) groups excluding carboxylic acids is 2. The van der Waals surface area contributed by atoms with Crippen molar-refractivity contribution in [2.45, 2.75) is 97.0 Å². The molecule has 26 heavy (non-hydrogen) atoms. The van der Waals surface area contributed by atoms with E-state index in [1.807, 2.05) is 20.8 Å². The maximum absolute atomic E-state index is 11.5. The fourth-order valence-corrected chi connectivity index (χ4v) is 2.58. The van der Waals surface area contributed by atoms with Gasteiger partial charge in [0.25, 0.3) is 0 Å². The lowest BCUT2D eigenvalue weighted by Crippen LogP contribution is -2.32. The van der Waals surface area contributed by atoms with Gasteiger partial charge in [-0.1, -0.05) is 51.4 Å². The molecule has 0 spiro atoms. The van der Waals surface area contributed by atoms with Gasteiger partial charge in [-0.15, -0.1) is 0 Å². The summed E-state index contributed by atoms with van der Waals surface area (Å²) < 4.78 is 5.19. The molecule has 0 aliphatic carbocycles. The van der Waals surface area contributed by atoms with Crippen LogP contribution in [0.25, 0.3) is 0 Å². The molecule has 0 saturated carbocycles. The third-order valence-electron chi connectivity index (χ3n) is 4.11. The van der Waals surface area contributed by atoms with E-state index < -0.39 is 5.60 Å². The van der Waals surface area contributed by atoms with E-state index in [2.05, 4.69) is 5.32 Å². The van der Waals surface area contributed by atoms with Crippen molar-refractivity contribution in [1.82, 2.24) is 10.4 Å². The number of ether oxygens (including phenoxy) is 1.